The third-order valence-electron chi connectivity index (χ3n) is 1.82. The Balaban J connectivity index is 2.47. The fraction of sp³-hybridized carbons (Fsp3) is 0.500. The number of aromatic nitrogens is 2. The van der Waals surface area contributed by atoms with Gasteiger partial charge < -0.3 is 10.1 Å². The number of rotatable bonds is 6. The van der Waals surface area contributed by atoms with E-state index in [0.29, 0.717) is 11.8 Å². The summed E-state index contributed by atoms with van der Waals surface area (Å²) in [5.74, 6) is 1.22. The van der Waals surface area contributed by atoms with Crippen LogP contribution >= 0.6 is 0 Å². The molecule has 1 rings (SSSR count). The zero-order valence-corrected chi connectivity index (χ0v) is 10.1. The Morgan fingerprint density at radius 2 is 2.31 bits per heavy atom. The van der Waals surface area contributed by atoms with Crippen LogP contribution in [0.2, 0.25) is 0 Å². The number of hydrogen-bond acceptors (Lipinski definition) is 4. The minimum atomic E-state index is 0.130. The molecule has 88 valence electrons. The van der Waals surface area contributed by atoms with Crippen molar-refractivity contribution in [3.63, 3.8) is 0 Å². The second-order valence-electron chi connectivity index (χ2n) is 3.67. The fourth-order valence-corrected chi connectivity index (χ4v) is 1.17. The lowest BCUT2D eigenvalue weighted by Crippen LogP contribution is -2.09. The quantitative estimate of drug-likeness (QED) is 0.592. The lowest BCUT2D eigenvalue weighted by molar-refractivity contribution is 0.232. The molecule has 0 aliphatic carbocycles. The van der Waals surface area contributed by atoms with Gasteiger partial charge in [-0.15, -0.1) is 0 Å². The normalized spacial score (nSPS) is 11.0. The molecule has 0 fully saturated rings. The summed E-state index contributed by atoms with van der Waals surface area (Å²) >= 11 is 0. The molecule has 16 heavy (non-hydrogen) atoms. The first-order valence-corrected chi connectivity index (χ1v) is 5.57. The molecule has 1 heterocycles. The SMILES string of the molecule is C/C=C/CCNc1nccc(OC(C)C)n1. The Labute approximate surface area is 96.8 Å². The molecule has 0 saturated carbocycles. The van der Waals surface area contributed by atoms with Gasteiger partial charge in [-0.05, 0) is 27.2 Å². The van der Waals surface area contributed by atoms with Gasteiger partial charge in [-0.2, -0.15) is 4.98 Å². The van der Waals surface area contributed by atoms with Crippen molar-refractivity contribution < 1.29 is 4.74 Å². The van der Waals surface area contributed by atoms with Crippen molar-refractivity contribution in [3.05, 3.63) is 24.4 Å². The summed E-state index contributed by atoms with van der Waals surface area (Å²) in [7, 11) is 0. The second kappa shape index (κ2) is 6.82. The Kier molecular flexibility index (Phi) is 5.32. The Morgan fingerprint density at radius 3 is 3.00 bits per heavy atom. The van der Waals surface area contributed by atoms with E-state index in [2.05, 4.69) is 21.4 Å². The molecule has 0 radical (unpaired) electrons. The molecular weight excluding hydrogens is 202 g/mol. The molecule has 0 aliphatic heterocycles. The van der Waals surface area contributed by atoms with E-state index in [1.165, 1.54) is 0 Å². The van der Waals surface area contributed by atoms with E-state index in [1.54, 1.807) is 12.3 Å². The van der Waals surface area contributed by atoms with Gasteiger partial charge >= 0.3 is 0 Å². The highest BCUT2D eigenvalue weighted by atomic mass is 16.5. The second-order valence-corrected chi connectivity index (χ2v) is 3.67. The molecule has 0 amide bonds. The van der Waals surface area contributed by atoms with Crippen LogP contribution in [0, 0.1) is 0 Å². The lowest BCUT2D eigenvalue weighted by Gasteiger charge is -2.09. The number of nitrogens with zero attached hydrogens (tertiary/aromatic N) is 2. The van der Waals surface area contributed by atoms with E-state index in [4.69, 9.17) is 4.74 Å². The third-order valence-corrected chi connectivity index (χ3v) is 1.82. The molecule has 1 aromatic heterocycles. The lowest BCUT2D eigenvalue weighted by atomic mass is 10.4. The van der Waals surface area contributed by atoms with Gasteiger partial charge in [0.15, 0.2) is 0 Å². The number of hydrogen-bond donors (Lipinski definition) is 1. The van der Waals surface area contributed by atoms with Gasteiger partial charge in [-0.1, -0.05) is 12.2 Å². The number of allylic oxidation sites excluding steroid dienone is 1. The van der Waals surface area contributed by atoms with Crippen LogP contribution in [0.1, 0.15) is 27.2 Å². The highest BCUT2D eigenvalue weighted by Crippen LogP contribution is 2.09. The first-order valence-electron chi connectivity index (χ1n) is 5.57. The van der Waals surface area contributed by atoms with Gasteiger partial charge in [-0.25, -0.2) is 4.98 Å². The molecule has 0 bridgehead atoms. The van der Waals surface area contributed by atoms with Crippen LogP contribution < -0.4 is 10.1 Å². The van der Waals surface area contributed by atoms with Gasteiger partial charge in [-0.3, -0.25) is 0 Å². The van der Waals surface area contributed by atoms with Crippen LogP contribution in [0.3, 0.4) is 0 Å². The maximum Gasteiger partial charge on any atom is 0.225 e. The Bertz CT molecular complexity index is 337. The number of nitrogens with one attached hydrogen (secondary N) is 1. The Morgan fingerprint density at radius 1 is 1.50 bits per heavy atom. The molecular formula is C12H19N3O. The molecule has 0 atom stereocenters. The average Bonchev–Trinajstić information content (AvgIpc) is 2.24. The van der Waals surface area contributed by atoms with Crippen LogP contribution in [-0.4, -0.2) is 22.6 Å². The van der Waals surface area contributed by atoms with Crippen LogP contribution in [0.25, 0.3) is 0 Å². The minimum absolute atomic E-state index is 0.130. The third kappa shape index (κ3) is 4.77. The molecule has 0 spiro atoms. The molecule has 0 unspecified atom stereocenters. The summed E-state index contributed by atoms with van der Waals surface area (Å²) in [5, 5.41) is 3.14. The van der Waals surface area contributed by atoms with Crippen LogP contribution in [0.15, 0.2) is 24.4 Å². The molecule has 4 nitrogen and oxygen atoms in total. The van der Waals surface area contributed by atoms with Crippen molar-refractivity contribution in [2.45, 2.75) is 33.3 Å². The van der Waals surface area contributed by atoms with E-state index in [1.807, 2.05) is 26.8 Å². The molecule has 4 heteroatoms. The van der Waals surface area contributed by atoms with Gasteiger partial charge in [0.2, 0.25) is 11.8 Å². The molecule has 0 aromatic carbocycles. The van der Waals surface area contributed by atoms with Crippen molar-refractivity contribution >= 4 is 5.95 Å². The Hall–Kier alpha value is -1.58. The zero-order chi connectivity index (χ0) is 11.8. The van der Waals surface area contributed by atoms with Crippen molar-refractivity contribution in [2.24, 2.45) is 0 Å². The highest BCUT2D eigenvalue weighted by Gasteiger charge is 2.01. The van der Waals surface area contributed by atoms with E-state index < -0.39 is 0 Å². The summed E-state index contributed by atoms with van der Waals surface area (Å²) in [6.45, 7) is 6.78. The van der Waals surface area contributed by atoms with Crippen LogP contribution in [-0.2, 0) is 0 Å². The van der Waals surface area contributed by atoms with Crippen LogP contribution in [0.5, 0.6) is 5.88 Å². The van der Waals surface area contributed by atoms with Crippen molar-refractivity contribution in [3.8, 4) is 5.88 Å². The van der Waals surface area contributed by atoms with Crippen molar-refractivity contribution in [1.82, 2.24) is 9.97 Å². The van der Waals surface area contributed by atoms with Crippen molar-refractivity contribution in [1.29, 1.82) is 0 Å². The highest BCUT2D eigenvalue weighted by molar-refractivity contribution is 5.27. The predicted molar refractivity (Wildman–Crippen MR) is 65.7 cm³/mol. The van der Waals surface area contributed by atoms with Gasteiger partial charge in [0.25, 0.3) is 0 Å². The smallest absolute Gasteiger partial charge is 0.225 e. The van der Waals surface area contributed by atoms with E-state index in [9.17, 15) is 0 Å². The number of ether oxygens (including phenoxy) is 1. The van der Waals surface area contributed by atoms with Gasteiger partial charge in [0.1, 0.15) is 0 Å². The predicted octanol–water partition coefficient (Wildman–Crippen LogP) is 2.64. The summed E-state index contributed by atoms with van der Waals surface area (Å²) in [4.78, 5) is 8.36. The summed E-state index contributed by atoms with van der Waals surface area (Å²) < 4.78 is 5.48. The standard InChI is InChI=1S/C12H19N3O/c1-4-5-6-8-13-12-14-9-7-11(15-12)16-10(2)3/h4-5,7,9-10H,6,8H2,1-3H3,(H,13,14,15)/b5-4+. The number of anilines is 1. The maximum atomic E-state index is 5.48. The summed E-state index contributed by atoms with van der Waals surface area (Å²) in [6, 6.07) is 1.76. The summed E-state index contributed by atoms with van der Waals surface area (Å²) in [6.07, 6.45) is 6.92. The molecule has 1 N–H and O–H groups in total. The average molecular weight is 221 g/mol. The topological polar surface area (TPSA) is 47.0 Å². The van der Waals surface area contributed by atoms with Crippen molar-refractivity contribution in [2.75, 3.05) is 11.9 Å². The summed E-state index contributed by atoms with van der Waals surface area (Å²) in [5.41, 5.74) is 0. The van der Waals surface area contributed by atoms with E-state index in [-0.39, 0.29) is 6.10 Å². The molecule has 0 saturated heterocycles. The monoisotopic (exact) mass is 221 g/mol. The largest absolute Gasteiger partial charge is 0.475 e. The van der Waals surface area contributed by atoms with Gasteiger partial charge in [0, 0.05) is 18.8 Å². The first kappa shape index (κ1) is 12.5. The molecule has 1 aromatic rings. The molecule has 0 aliphatic rings. The maximum absolute atomic E-state index is 5.48. The van der Waals surface area contributed by atoms with Crippen LogP contribution in [0.4, 0.5) is 5.95 Å². The zero-order valence-electron chi connectivity index (χ0n) is 10.1. The minimum Gasteiger partial charge on any atom is -0.475 e. The fourth-order valence-electron chi connectivity index (χ4n) is 1.17. The van der Waals surface area contributed by atoms with E-state index in [0.717, 1.165) is 13.0 Å². The van der Waals surface area contributed by atoms with Gasteiger partial charge in [0.05, 0.1) is 6.10 Å². The van der Waals surface area contributed by atoms with E-state index >= 15 is 0 Å². The first-order chi connectivity index (χ1) is 7.72.